The van der Waals surface area contributed by atoms with E-state index in [1.54, 1.807) is 0 Å². The smallest absolute Gasteiger partial charge is 0.312 e. The summed E-state index contributed by atoms with van der Waals surface area (Å²) >= 11 is 3.41. The highest BCUT2D eigenvalue weighted by Crippen LogP contribution is 2.19. The Bertz CT molecular complexity index is 583. The standard InChI is InChI=1S/C17H18BrNO2/c1-12(13-7-9-15(18)10-8-13)19-11-16(17(20)21)14-5-3-2-4-6-14/h2-10,12,16,19H,11H2,1H3,(H,20,21). The summed E-state index contributed by atoms with van der Waals surface area (Å²) in [4.78, 5) is 11.4. The lowest BCUT2D eigenvalue weighted by Crippen LogP contribution is -2.28. The van der Waals surface area contributed by atoms with Gasteiger partial charge in [-0.3, -0.25) is 4.79 Å². The van der Waals surface area contributed by atoms with E-state index in [4.69, 9.17) is 0 Å². The molecule has 0 saturated heterocycles. The summed E-state index contributed by atoms with van der Waals surface area (Å²) in [6.07, 6.45) is 0. The van der Waals surface area contributed by atoms with Crippen LogP contribution in [0.15, 0.2) is 59.1 Å². The molecule has 0 aromatic heterocycles. The second-order valence-corrected chi connectivity index (χ2v) is 5.90. The zero-order chi connectivity index (χ0) is 15.2. The van der Waals surface area contributed by atoms with Gasteiger partial charge in [0, 0.05) is 17.1 Å². The number of benzene rings is 2. The summed E-state index contributed by atoms with van der Waals surface area (Å²) in [5.41, 5.74) is 1.95. The fourth-order valence-corrected chi connectivity index (χ4v) is 2.46. The van der Waals surface area contributed by atoms with E-state index < -0.39 is 11.9 Å². The molecular formula is C17H18BrNO2. The Kier molecular flexibility index (Phi) is 5.53. The number of halogens is 1. The van der Waals surface area contributed by atoms with Crippen molar-refractivity contribution in [1.29, 1.82) is 0 Å². The topological polar surface area (TPSA) is 49.3 Å². The van der Waals surface area contributed by atoms with Gasteiger partial charge in [0.25, 0.3) is 0 Å². The van der Waals surface area contributed by atoms with Crippen LogP contribution in [0, 0.1) is 0 Å². The van der Waals surface area contributed by atoms with Gasteiger partial charge in [0.05, 0.1) is 5.92 Å². The monoisotopic (exact) mass is 347 g/mol. The molecule has 0 spiro atoms. The molecule has 3 nitrogen and oxygen atoms in total. The van der Waals surface area contributed by atoms with Crippen LogP contribution in [0.1, 0.15) is 30.0 Å². The molecule has 2 rings (SSSR count). The Balaban J connectivity index is 2.02. The maximum absolute atomic E-state index is 11.4. The minimum Gasteiger partial charge on any atom is -0.481 e. The van der Waals surface area contributed by atoms with Gasteiger partial charge in [-0.2, -0.15) is 0 Å². The quantitative estimate of drug-likeness (QED) is 0.831. The second-order valence-electron chi connectivity index (χ2n) is 4.98. The molecule has 0 saturated carbocycles. The molecule has 0 heterocycles. The highest BCUT2D eigenvalue weighted by atomic mass is 79.9. The van der Waals surface area contributed by atoms with Gasteiger partial charge < -0.3 is 10.4 Å². The number of carboxylic acids is 1. The molecule has 110 valence electrons. The molecule has 2 atom stereocenters. The van der Waals surface area contributed by atoms with E-state index in [2.05, 4.69) is 21.2 Å². The van der Waals surface area contributed by atoms with Crippen molar-refractivity contribution in [2.24, 2.45) is 0 Å². The van der Waals surface area contributed by atoms with Crippen molar-refractivity contribution >= 4 is 21.9 Å². The third kappa shape index (κ3) is 4.41. The zero-order valence-corrected chi connectivity index (χ0v) is 13.4. The van der Waals surface area contributed by atoms with E-state index in [-0.39, 0.29) is 6.04 Å². The molecule has 0 fully saturated rings. The van der Waals surface area contributed by atoms with Gasteiger partial charge in [-0.25, -0.2) is 0 Å². The largest absolute Gasteiger partial charge is 0.481 e. The van der Waals surface area contributed by atoms with Crippen LogP contribution in [-0.4, -0.2) is 17.6 Å². The number of aliphatic carboxylic acids is 1. The van der Waals surface area contributed by atoms with Crippen LogP contribution in [0.25, 0.3) is 0 Å². The van der Waals surface area contributed by atoms with Gasteiger partial charge in [-0.15, -0.1) is 0 Å². The average Bonchev–Trinajstić information content (AvgIpc) is 2.48. The lowest BCUT2D eigenvalue weighted by atomic mass is 9.98. The molecule has 2 aromatic rings. The van der Waals surface area contributed by atoms with E-state index in [0.29, 0.717) is 6.54 Å². The summed E-state index contributed by atoms with van der Waals surface area (Å²) in [6, 6.07) is 17.4. The molecule has 2 aromatic carbocycles. The molecule has 0 aliphatic rings. The van der Waals surface area contributed by atoms with Crippen LogP contribution in [-0.2, 0) is 4.79 Å². The van der Waals surface area contributed by atoms with Crippen LogP contribution in [0.4, 0.5) is 0 Å². The van der Waals surface area contributed by atoms with E-state index in [9.17, 15) is 9.90 Å². The molecule has 2 unspecified atom stereocenters. The number of nitrogens with one attached hydrogen (secondary N) is 1. The normalized spacial score (nSPS) is 13.6. The number of hydrogen-bond donors (Lipinski definition) is 2. The summed E-state index contributed by atoms with van der Waals surface area (Å²) in [7, 11) is 0. The molecule has 0 bridgehead atoms. The summed E-state index contributed by atoms with van der Waals surface area (Å²) < 4.78 is 1.03. The number of carbonyl (C=O) groups is 1. The lowest BCUT2D eigenvalue weighted by Gasteiger charge is -2.18. The third-order valence-electron chi connectivity index (χ3n) is 3.50. The number of carboxylic acid groups (broad SMARTS) is 1. The Morgan fingerprint density at radius 2 is 1.71 bits per heavy atom. The minimum atomic E-state index is -0.809. The fraction of sp³-hybridized carbons (Fsp3) is 0.235. The fourth-order valence-electron chi connectivity index (χ4n) is 2.20. The Morgan fingerprint density at radius 3 is 2.29 bits per heavy atom. The lowest BCUT2D eigenvalue weighted by molar-refractivity contribution is -0.138. The highest BCUT2D eigenvalue weighted by molar-refractivity contribution is 9.10. The predicted molar refractivity (Wildman–Crippen MR) is 87.4 cm³/mol. The maximum atomic E-state index is 11.4. The summed E-state index contributed by atoms with van der Waals surface area (Å²) in [6.45, 7) is 2.43. The SMILES string of the molecule is CC(NCC(C(=O)O)c1ccccc1)c1ccc(Br)cc1. The van der Waals surface area contributed by atoms with E-state index in [1.165, 1.54) is 0 Å². The minimum absolute atomic E-state index is 0.101. The third-order valence-corrected chi connectivity index (χ3v) is 4.03. The first-order chi connectivity index (χ1) is 10.1. The average molecular weight is 348 g/mol. The molecular weight excluding hydrogens is 330 g/mol. The van der Waals surface area contributed by atoms with Crippen molar-refractivity contribution in [1.82, 2.24) is 5.32 Å². The van der Waals surface area contributed by atoms with E-state index in [1.807, 2.05) is 61.5 Å². The first kappa shape index (κ1) is 15.7. The first-order valence-corrected chi connectivity index (χ1v) is 7.64. The Hall–Kier alpha value is -1.65. The zero-order valence-electron chi connectivity index (χ0n) is 11.8. The molecule has 4 heteroatoms. The van der Waals surface area contributed by atoms with Crippen LogP contribution in [0.2, 0.25) is 0 Å². The van der Waals surface area contributed by atoms with E-state index >= 15 is 0 Å². The van der Waals surface area contributed by atoms with Crippen LogP contribution < -0.4 is 5.32 Å². The molecule has 2 N–H and O–H groups in total. The maximum Gasteiger partial charge on any atom is 0.312 e. The van der Waals surface area contributed by atoms with Gasteiger partial charge >= 0.3 is 5.97 Å². The van der Waals surface area contributed by atoms with Gasteiger partial charge in [0.2, 0.25) is 0 Å². The highest BCUT2D eigenvalue weighted by Gasteiger charge is 2.20. The second kappa shape index (κ2) is 7.38. The van der Waals surface area contributed by atoms with Crippen molar-refractivity contribution in [3.05, 3.63) is 70.2 Å². The van der Waals surface area contributed by atoms with Crippen molar-refractivity contribution in [2.45, 2.75) is 18.9 Å². The van der Waals surface area contributed by atoms with Gasteiger partial charge in [-0.1, -0.05) is 58.4 Å². The Morgan fingerprint density at radius 1 is 1.10 bits per heavy atom. The van der Waals surface area contributed by atoms with Gasteiger partial charge in [-0.05, 0) is 30.2 Å². The van der Waals surface area contributed by atoms with Crippen molar-refractivity contribution in [2.75, 3.05) is 6.54 Å². The number of rotatable bonds is 6. The van der Waals surface area contributed by atoms with Crippen LogP contribution >= 0.6 is 15.9 Å². The van der Waals surface area contributed by atoms with Crippen LogP contribution in [0.5, 0.6) is 0 Å². The summed E-state index contributed by atoms with van der Waals surface area (Å²) in [5.74, 6) is -1.35. The van der Waals surface area contributed by atoms with Crippen molar-refractivity contribution in [3.8, 4) is 0 Å². The number of hydrogen-bond acceptors (Lipinski definition) is 2. The molecule has 0 radical (unpaired) electrons. The van der Waals surface area contributed by atoms with Crippen molar-refractivity contribution < 1.29 is 9.90 Å². The first-order valence-electron chi connectivity index (χ1n) is 6.84. The van der Waals surface area contributed by atoms with E-state index in [0.717, 1.165) is 15.6 Å². The molecule has 21 heavy (non-hydrogen) atoms. The molecule has 0 amide bonds. The Labute approximate surface area is 133 Å². The van der Waals surface area contributed by atoms with Crippen LogP contribution in [0.3, 0.4) is 0 Å². The van der Waals surface area contributed by atoms with Gasteiger partial charge in [0.15, 0.2) is 0 Å². The predicted octanol–water partition coefficient (Wildman–Crippen LogP) is 3.97. The van der Waals surface area contributed by atoms with Gasteiger partial charge in [0.1, 0.15) is 0 Å². The van der Waals surface area contributed by atoms with Crippen molar-refractivity contribution in [3.63, 3.8) is 0 Å². The molecule has 0 aliphatic heterocycles. The molecule has 0 aliphatic carbocycles. The summed E-state index contributed by atoms with van der Waals surface area (Å²) in [5, 5.41) is 12.7.